The molecule has 1 unspecified atom stereocenters. The molecule has 0 aromatic heterocycles. The molecule has 106 valence electrons. The fraction of sp³-hybridized carbons (Fsp3) is 0.417. The molecule has 0 aliphatic heterocycles. The molecule has 0 aliphatic rings. The van der Waals surface area contributed by atoms with Crippen molar-refractivity contribution >= 4 is 21.6 Å². The number of para-hydroxylation sites is 1. The maximum atomic E-state index is 11.8. The van der Waals surface area contributed by atoms with Gasteiger partial charge >= 0.3 is 0 Å². The molecule has 0 bridgehead atoms. The highest BCUT2D eigenvalue weighted by Crippen LogP contribution is 2.20. The van der Waals surface area contributed by atoms with Crippen molar-refractivity contribution < 1.29 is 13.2 Å². The molecular formula is C12H19N3O3S. The van der Waals surface area contributed by atoms with E-state index in [2.05, 4.69) is 10.0 Å². The van der Waals surface area contributed by atoms with E-state index in [0.29, 0.717) is 6.54 Å². The Labute approximate surface area is 113 Å². The number of rotatable bonds is 6. The molecule has 1 atom stereocenters. The van der Waals surface area contributed by atoms with Gasteiger partial charge in [0.25, 0.3) is 0 Å². The smallest absolute Gasteiger partial charge is 0.242 e. The molecule has 0 spiro atoms. The number of hydrogen-bond donors (Lipinski definition) is 3. The third kappa shape index (κ3) is 4.30. The minimum Gasteiger partial charge on any atom is -0.330 e. The van der Waals surface area contributed by atoms with E-state index in [1.807, 2.05) is 6.92 Å². The van der Waals surface area contributed by atoms with Gasteiger partial charge in [-0.2, -0.15) is 0 Å². The Morgan fingerprint density at radius 1 is 1.37 bits per heavy atom. The summed E-state index contributed by atoms with van der Waals surface area (Å²) in [5.74, 6) is -0.204. The first-order valence-corrected chi connectivity index (χ1v) is 7.41. The van der Waals surface area contributed by atoms with E-state index >= 15 is 0 Å². The minimum atomic E-state index is -3.60. The maximum absolute atomic E-state index is 11.8. The van der Waals surface area contributed by atoms with Crippen LogP contribution in [0.2, 0.25) is 0 Å². The van der Waals surface area contributed by atoms with Crippen molar-refractivity contribution in [1.82, 2.24) is 4.72 Å². The molecule has 19 heavy (non-hydrogen) atoms. The standard InChI is InChI=1S/C12H19N3O3S/c1-9(8-13)7-12(16)15-10-5-3-4-6-11(10)19(17,18)14-2/h3-6,9,14H,7-8,13H2,1-2H3,(H,15,16). The van der Waals surface area contributed by atoms with E-state index in [4.69, 9.17) is 5.73 Å². The SMILES string of the molecule is CNS(=O)(=O)c1ccccc1NC(=O)CC(C)CN. The molecule has 1 amide bonds. The van der Waals surface area contributed by atoms with Crippen molar-refractivity contribution in [1.29, 1.82) is 0 Å². The number of benzene rings is 1. The number of nitrogens with one attached hydrogen (secondary N) is 2. The number of carbonyl (C=O) groups is 1. The summed E-state index contributed by atoms with van der Waals surface area (Å²) < 4.78 is 25.8. The minimum absolute atomic E-state index is 0.0475. The molecule has 7 heteroatoms. The molecule has 0 saturated heterocycles. The number of nitrogens with two attached hydrogens (primary N) is 1. The van der Waals surface area contributed by atoms with E-state index in [-0.39, 0.29) is 28.8 Å². The van der Waals surface area contributed by atoms with Crippen LogP contribution in [-0.4, -0.2) is 27.9 Å². The Balaban J connectivity index is 2.94. The first kappa shape index (κ1) is 15.6. The molecule has 0 heterocycles. The summed E-state index contributed by atoms with van der Waals surface area (Å²) in [7, 11) is -2.27. The average molecular weight is 285 g/mol. The van der Waals surface area contributed by atoms with Crippen molar-refractivity contribution in [3.05, 3.63) is 24.3 Å². The second kappa shape index (κ2) is 6.65. The van der Waals surface area contributed by atoms with Crippen LogP contribution in [0.4, 0.5) is 5.69 Å². The van der Waals surface area contributed by atoms with Crippen molar-refractivity contribution in [2.24, 2.45) is 11.7 Å². The zero-order chi connectivity index (χ0) is 14.5. The lowest BCUT2D eigenvalue weighted by molar-refractivity contribution is -0.116. The zero-order valence-electron chi connectivity index (χ0n) is 11.0. The highest BCUT2D eigenvalue weighted by molar-refractivity contribution is 7.89. The van der Waals surface area contributed by atoms with Gasteiger partial charge in [0, 0.05) is 6.42 Å². The number of anilines is 1. The average Bonchev–Trinajstić information content (AvgIpc) is 2.38. The first-order valence-electron chi connectivity index (χ1n) is 5.93. The van der Waals surface area contributed by atoms with Gasteiger partial charge in [-0.15, -0.1) is 0 Å². The molecule has 1 rings (SSSR count). The van der Waals surface area contributed by atoms with Crippen LogP contribution in [0.1, 0.15) is 13.3 Å². The molecule has 0 saturated carbocycles. The van der Waals surface area contributed by atoms with Crippen LogP contribution < -0.4 is 15.8 Å². The monoisotopic (exact) mass is 285 g/mol. The van der Waals surface area contributed by atoms with E-state index in [9.17, 15) is 13.2 Å². The summed E-state index contributed by atoms with van der Waals surface area (Å²) in [6.45, 7) is 2.26. The van der Waals surface area contributed by atoms with Gasteiger partial charge in [-0.05, 0) is 31.6 Å². The normalized spacial score (nSPS) is 13.0. The summed E-state index contributed by atoms with van der Waals surface area (Å²) in [4.78, 5) is 11.8. The van der Waals surface area contributed by atoms with Crippen molar-refractivity contribution in [3.63, 3.8) is 0 Å². The third-order valence-corrected chi connectivity index (χ3v) is 4.13. The Morgan fingerprint density at radius 2 is 2.00 bits per heavy atom. The Bertz CT molecular complexity index is 543. The second-order valence-corrected chi connectivity index (χ2v) is 6.15. The van der Waals surface area contributed by atoms with Gasteiger partial charge in [-0.3, -0.25) is 4.79 Å². The highest BCUT2D eigenvalue weighted by atomic mass is 32.2. The van der Waals surface area contributed by atoms with Crippen LogP contribution in [0.15, 0.2) is 29.2 Å². The number of amides is 1. The summed E-state index contributed by atoms with van der Waals surface area (Å²) in [6, 6.07) is 6.25. The fourth-order valence-electron chi connectivity index (χ4n) is 1.52. The van der Waals surface area contributed by atoms with Crippen LogP contribution in [0.3, 0.4) is 0 Å². The van der Waals surface area contributed by atoms with Crippen LogP contribution in [0.25, 0.3) is 0 Å². The van der Waals surface area contributed by atoms with Crippen LogP contribution >= 0.6 is 0 Å². The molecule has 1 aromatic carbocycles. The lowest BCUT2D eigenvalue weighted by Gasteiger charge is -2.12. The van der Waals surface area contributed by atoms with E-state index < -0.39 is 10.0 Å². The van der Waals surface area contributed by atoms with Gasteiger partial charge in [0.2, 0.25) is 15.9 Å². The van der Waals surface area contributed by atoms with E-state index in [1.165, 1.54) is 13.1 Å². The van der Waals surface area contributed by atoms with Gasteiger partial charge < -0.3 is 11.1 Å². The molecule has 4 N–H and O–H groups in total. The largest absolute Gasteiger partial charge is 0.330 e. The molecule has 0 aliphatic carbocycles. The van der Waals surface area contributed by atoms with Gasteiger partial charge in [0.1, 0.15) is 4.90 Å². The summed E-state index contributed by atoms with van der Waals surface area (Å²) in [5, 5.41) is 2.60. The number of carbonyl (C=O) groups excluding carboxylic acids is 1. The van der Waals surface area contributed by atoms with Crippen LogP contribution in [-0.2, 0) is 14.8 Å². The quantitative estimate of drug-likeness (QED) is 0.709. The van der Waals surface area contributed by atoms with Crippen LogP contribution in [0.5, 0.6) is 0 Å². The lowest BCUT2D eigenvalue weighted by atomic mass is 10.1. The Hall–Kier alpha value is -1.44. The lowest BCUT2D eigenvalue weighted by Crippen LogP contribution is -2.23. The van der Waals surface area contributed by atoms with Crippen molar-refractivity contribution in [2.75, 3.05) is 18.9 Å². The fourth-order valence-corrected chi connectivity index (χ4v) is 2.40. The number of sulfonamides is 1. The van der Waals surface area contributed by atoms with Gasteiger partial charge in [0.15, 0.2) is 0 Å². The van der Waals surface area contributed by atoms with Gasteiger partial charge in [-0.25, -0.2) is 13.1 Å². The topological polar surface area (TPSA) is 101 Å². The third-order valence-electron chi connectivity index (χ3n) is 2.66. The Morgan fingerprint density at radius 3 is 2.58 bits per heavy atom. The first-order chi connectivity index (χ1) is 8.90. The van der Waals surface area contributed by atoms with Crippen molar-refractivity contribution in [3.8, 4) is 0 Å². The summed E-state index contributed by atoms with van der Waals surface area (Å²) >= 11 is 0. The van der Waals surface area contributed by atoms with Gasteiger partial charge in [-0.1, -0.05) is 19.1 Å². The summed E-state index contributed by atoms with van der Waals surface area (Å²) in [6.07, 6.45) is 0.254. The Kier molecular flexibility index (Phi) is 5.46. The van der Waals surface area contributed by atoms with E-state index in [1.54, 1.807) is 18.2 Å². The predicted molar refractivity (Wildman–Crippen MR) is 74.2 cm³/mol. The maximum Gasteiger partial charge on any atom is 0.242 e. The summed E-state index contributed by atoms with van der Waals surface area (Å²) in [5.41, 5.74) is 5.72. The van der Waals surface area contributed by atoms with Gasteiger partial charge in [0.05, 0.1) is 5.69 Å². The molecule has 6 nitrogen and oxygen atoms in total. The van der Waals surface area contributed by atoms with E-state index in [0.717, 1.165) is 0 Å². The zero-order valence-corrected chi connectivity index (χ0v) is 11.8. The van der Waals surface area contributed by atoms with Crippen LogP contribution in [0, 0.1) is 5.92 Å². The molecule has 0 radical (unpaired) electrons. The van der Waals surface area contributed by atoms with Crippen molar-refractivity contribution in [2.45, 2.75) is 18.2 Å². The highest BCUT2D eigenvalue weighted by Gasteiger charge is 2.17. The number of hydrogen-bond acceptors (Lipinski definition) is 4. The second-order valence-electron chi connectivity index (χ2n) is 4.30. The molecular weight excluding hydrogens is 266 g/mol. The molecule has 0 fully saturated rings. The molecule has 1 aromatic rings. The predicted octanol–water partition coefficient (Wildman–Crippen LogP) is 0.518.